The maximum atomic E-state index is 12.4. The summed E-state index contributed by atoms with van der Waals surface area (Å²) in [6, 6.07) is 9.89. The summed E-state index contributed by atoms with van der Waals surface area (Å²) in [6.45, 7) is 6.20. The topological polar surface area (TPSA) is 44.1 Å². The fraction of sp³-hybridized carbons (Fsp3) is 0.263. The van der Waals surface area contributed by atoms with Gasteiger partial charge in [0.2, 0.25) is 0 Å². The van der Waals surface area contributed by atoms with E-state index in [1.165, 1.54) is 4.91 Å². The van der Waals surface area contributed by atoms with Crippen LogP contribution in [0.5, 0.6) is 0 Å². The van der Waals surface area contributed by atoms with Gasteiger partial charge >= 0.3 is 5.97 Å². The van der Waals surface area contributed by atoms with Crippen LogP contribution in [-0.2, 0) is 10.5 Å². The van der Waals surface area contributed by atoms with Gasteiger partial charge in [-0.15, -0.1) is 11.8 Å². The summed E-state index contributed by atoms with van der Waals surface area (Å²) in [6.07, 6.45) is 4.19. The minimum Gasteiger partial charge on any atom is -0.461 e. The Balaban J connectivity index is 2.25. The third kappa shape index (κ3) is 2.80. The van der Waals surface area contributed by atoms with Crippen molar-refractivity contribution in [1.82, 2.24) is 9.78 Å². The molecule has 4 nitrogen and oxygen atoms in total. The first kappa shape index (κ1) is 16.6. The molecule has 1 aliphatic heterocycles. The second kappa shape index (κ2) is 7.09. The summed E-state index contributed by atoms with van der Waals surface area (Å²) in [5.74, 6) is 0.358. The molecule has 124 valence electrons. The van der Waals surface area contributed by atoms with Crippen LogP contribution in [0.25, 0.3) is 11.3 Å². The lowest BCUT2D eigenvalue weighted by molar-refractivity contribution is 0.0518. The van der Waals surface area contributed by atoms with Crippen LogP contribution in [0, 0.1) is 0 Å². The molecule has 0 amide bonds. The maximum Gasteiger partial charge on any atom is 0.359 e. The fourth-order valence-corrected chi connectivity index (χ4v) is 3.96. The molecule has 0 bridgehead atoms. The van der Waals surface area contributed by atoms with E-state index in [1.807, 2.05) is 55.8 Å². The van der Waals surface area contributed by atoms with E-state index in [2.05, 4.69) is 17.3 Å². The Morgan fingerprint density at radius 1 is 1.29 bits per heavy atom. The van der Waals surface area contributed by atoms with Crippen molar-refractivity contribution in [2.45, 2.75) is 26.5 Å². The number of benzene rings is 1. The van der Waals surface area contributed by atoms with Gasteiger partial charge in [-0.05, 0) is 32.9 Å². The van der Waals surface area contributed by atoms with Crippen LogP contribution in [-0.4, -0.2) is 22.4 Å². The van der Waals surface area contributed by atoms with Crippen LogP contribution >= 0.6 is 11.8 Å². The SMILES string of the molecule is C/C=C1\C(=C/C)SCc2c(C(=O)OCC)nn(-c3ccccc3)c21. The minimum atomic E-state index is -0.358. The van der Waals surface area contributed by atoms with Gasteiger partial charge in [0.1, 0.15) is 0 Å². The Kier molecular flexibility index (Phi) is 4.90. The number of aromatic nitrogens is 2. The molecule has 1 aliphatic rings. The van der Waals surface area contributed by atoms with Gasteiger partial charge in [-0.2, -0.15) is 5.10 Å². The van der Waals surface area contributed by atoms with Gasteiger partial charge in [-0.3, -0.25) is 0 Å². The van der Waals surface area contributed by atoms with Crippen molar-refractivity contribution in [2.75, 3.05) is 6.61 Å². The lowest BCUT2D eigenvalue weighted by Gasteiger charge is -2.20. The molecule has 0 N–H and O–H groups in total. The van der Waals surface area contributed by atoms with E-state index in [1.54, 1.807) is 11.8 Å². The molecule has 5 heteroatoms. The number of allylic oxidation sites excluding steroid dienone is 3. The lowest BCUT2D eigenvalue weighted by atomic mass is 10.0. The van der Waals surface area contributed by atoms with E-state index in [0.717, 1.165) is 22.5 Å². The zero-order valence-corrected chi connectivity index (χ0v) is 14.9. The molecule has 0 saturated heterocycles. The van der Waals surface area contributed by atoms with Crippen LogP contribution < -0.4 is 0 Å². The summed E-state index contributed by atoms with van der Waals surface area (Å²) in [5, 5.41) is 4.61. The number of thioether (sulfide) groups is 1. The summed E-state index contributed by atoms with van der Waals surface area (Å²) in [7, 11) is 0. The standard InChI is InChI=1S/C19H20N2O2S/c1-4-14-16(5-2)24-12-15-17(19(22)23-6-3)20-21(18(14)15)13-10-8-7-9-11-13/h4-5,7-11H,6,12H2,1-3H3/b14-4+,16-5+. The first-order valence-electron chi connectivity index (χ1n) is 8.01. The number of fused-ring (bicyclic) bond motifs is 1. The molecule has 0 fully saturated rings. The van der Waals surface area contributed by atoms with Gasteiger partial charge in [-0.1, -0.05) is 30.4 Å². The third-order valence-electron chi connectivity index (χ3n) is 3.90. The predicted octanol–water partition coefficient (Wildman–Crippen LogP) is 4.60. The molecule has 0 atom stereocenters. The monoisotopic (exact) mass is 340 g/mol. The summed E-state index contributed by atoms with van der Waals surface area (Å²) in [4.78, 5) is 13.6. The van der Waals surface area contributed by atoms with Gasteiger partial charge in [-0.25, -0.2) is 9.48 Å². The number of carbonyl (C=O) groups is 1. The number of hydrogen-bond donors (Lipinski definition) is 0. The largest absolute Gasteiger partial charge is 0.461 e. The first-order valence-corrected chi connectivity index (χ1v) is 9.00. The molecule has 1 aromatic heterocycles. The Hall–Kier alpha value is -2.27. The fourth-order valence-electron chi connectivity index (χ4n) is 2.85. The molecular formula is C19H20N2O2S. The van der Waals surface area contributed by atoms with Crippen molar-refractivity contribution in [1.29, 1.82) is 0 Å². The van der Waals surface area contributed by atoms with Gasteiger partial charge in [0, 0.05) is 21.8 Å². The van der Waals surface area contributed by atoms with E-state index < -0.39 is 0 Å². The van der Waals surface area contributed by atoms with Crippen LogP contribution in [0.1, 0.15) is 42.5 Å². The Morgan fingerprint density at radius 2 is 2.04 bits per heavy atom. The van der Waals surface area contributed by atoms with Gasteiger partial charge in [0.25, 0.3) is 0 Å². The number of hydrogen-bond acceptors (Lipinski definition) is 4. The summed E-state index contributed by atoms with van der Waals surface area (Å²) < 4.78 is 7.07. The van der Waals surface area contributed by atoms with Crippen molar-refractivity contribution < 1.29 is 9.53 Å². The third-order valence-corrected chi connectivity index (χ3v) is 5.10. The van der Waals surface area contributed by atoms with Gasteiger partial charge in [0.15, 0.2) is 5.69 Å². The average molecular weight is 340 g/mol. The van der Waals surface area contributed by atoms with Crippen molar-refractivity contribution in [3.05, 3.63) is 64.3 Å². The zero-order valence-electron chi connectivity index (χ0n) is 14.1. The van der Waals surface area contributed by atoms with E-state index in [0.29, 0.717) is 18.1 Å². The molecule has 3 rings (SSSR count). The van der Waals surface area contributed by atoms with Crippen molar-refractivity contribution in [3.8, 4) is 5.69 Å². The van der Waals surface area contributed by atoms with E-state index >= 15 is 0 Å². The molecule has 2 heterocycles. The number of para-hydroxylation sites is 1. The highest BCUT2D eigenvalue weighted by Gasteiger charge is 2.30. The molecule has 0 spiro atoms. The highest BCUT2D eigenvalue weighted by molar-refractivity contribution is 8.03. The Labute approximate surface area is 146 Å². The molecule has 0 aliphatic carbocycles. The van der Waals surface area contributed by atoms with Crippen molar-refractivity contribution >= 4 is 23.3 Å². The normalized spacial score (nSPS) is 17.1. The molecular weight excluding hydrogens is 320 g/mol. The number of carbonyl (C=O) groups excluding carboxylic acids is 1. The second-order valence-electron chi connectivity index (χ2n) is 5.29. The highest BCUT2D eigenvalue weighted by Crippen LogP contribution is 2.43. The van der Waals surface area contributed by atoms with Crippen molar-refractivity contribution in [2.24, 2.45) is 0 Å². The number of rotatable bonds is 3. The molecule has 24 heavy (non-hydrogen) atoms. The lowest BCUT2D eigenvalue weighted by Crippen LogP contribution is -2.09. The Morgan fingerprint density at radius 3 is 2.67 bits per heavy atom. The van der Waals surface area contributed by atoms with E-state index in [4.69, 9.17) is 4.74 Å². The average Bonchev–Trinajstić information content (AvgIpc) is 3.01. The summed E-state index contributed by atoms with van der Waals surface area (Å²) >= 11 is 1.73. The molecule has 1 aromatic carbocycles. The summed E-state index contributed by atoms with van der Waals surface area (Å²) in [5.41, 5.74) is 4.39. The van der Waals surface area contributed by atoms with Gasteiger partial charge in [0.05, 0.1) is 18.0 Å². The molecule has 2 aromatic rings. The van der Waals surface area contributed by atoms with Crippen LogP contribution in [0.4, 0.5) is 0 Å². The van der Waals surface area contributed by atoms with Gasteiger partial charge < -0.3 is 4.74 Å². The second-order valence-corrected chi connectivity index (χ2v) is 6.30. The maximum absolute atomic E-state index is 12.4. The smallest absolute Gasteiger partial charge is 0.359 e. The predicted molar refractivity (Wildman–Crippen MR) is 98.2 cm³/mol. The molecule has 0 unspecified atom stereocenters. The van der Waals surface area contributed by atoms with Crippen molar-refractivity contribution in [3.63, 3.8) is 0 Å². The molecule has 0 saturated carbocycles. The van der Waals surface area contributed by atoms with Crippen LogP contribution in [0.2, 0.25) is 0 Å². The number of esters is 1. The highest BCUT2D eigenvalue weighted by atomic mass is 32.2. The zero-order chi connectivity index (χ0) is 17.1. The minimum absolute atomic E-state index is 0.343. The van der Waals surface area contributed by atoms with Crippen LogP contribution in [0.3, 0.4) is 0 Å². The van der Waals surface area contributed by atoms with E-state index in [-0.39, 0.29) is 5.97 Å². The quantitative estimate of drug-likeness (QED) is 0.766. The number of ether oxygens (including phenoxy) is 1. The molecule has 0 radical (unpaired) electrons. The van der Waals surface area contributed by atoms with E-state index in [9.17, 15) is 4.79 Å². The number of nitrogens with zero attached hydrogens (tertiary/aromatic N) is 2. The van der Waals surface area contributed by atoms with Crippen LogP contribution in [0.15, 0.2) is 47.4 Å². The first-order chi connectivity index (χ1) is 11.7. The Bertz CT molecular complexity index is 819.